The molecule has 2 N–H and O–H groups in total. The van der Waals surface area contributed by atoms with E-state index < -0.39 is 30.7 Å². The summed E-state index contributed by atoms with van der Waals surface area (Å²) >= 11 is 0. The van der Waals surface area contributed by atoms with Crippen LogP contribution in [0, 0.1) is 0 Å². The predicted octanol–water partition coefficient (Wildman–Crippen LogP) is 2.67. The van der Waals surface area contributed by atoms with Crippen LogP contribution in [0.4, 0.5) is 29.3 Å². The van der Waals surface area contributed by atoms with Gasteiger partial charge in [-0.25, -0.2) is 4.79 Å². The van der Waals surface area contributed by atoms with E-state index in [9.17, 15) is 23.1 Å². The highest BCUT2D eigenvalue weighted by molar-refractivity contribution is 5.89. The Bertz CT molecular complexity index is 550. The summed E-state index contributed by atoms with van der Waals surface area (Å²) in [6.45, 7) is -0.282. The first-order chi connectivity index (χ1) is 10.6. The number of anilines is 2. The molecule has 1 heterocycles. The summed E-state index contributed by atoms with van der Waals surface area (Å²) in [7, 11) is 3.78. The number of piperidine rings is 1. The van der Waals surface area contributed by atoms with Gasteiger partial charge in [-0.3, -0.25) is 0 Å². The number of carbonyl (C=O) groups is 1. The van der Waals surface area contributed by atoms with Crippen LogP contribution in [0.5, 0.6) is 0 Å². The van der Waals surface area contributed by atoms with Crippen LogP contribution in [0.25, 0.3) is 0 Å². The zero-order chi connectivity index (χ0) is 17.3. The van der Waals surface area contributed by atoms with Crippen molar-refractivity contribution in [2.24, 2.45) is 0 Å². The summed E-state index contributed by atoms with van der Waals surface area (Å²) in [6.07, 6.45) is -5.69. The normalized spacial score (nSPS) is 17.7. The van der Waals surface area contributed by atoms with Crippen molar-refractivity contribution < 1.29 is 23.1 Å². The summed E-state index contributed by atoms with van der Waals surface area (Å²) in [5.41, 5.74) is -1.16. The van der Waals surface area contributed by atoms with Gasteiger partial charge in [0.1, 0.15) is 0 Å². The molecule has 0 radical (unpaired) electrons. The number of amides is 2. The van der Waals surface area contributed by atoms with E-state index in [-0.39, 0.29) is 13.1 Å². The fourth-order valence-corrected chi connectivity index (χ4v) is 2.41. The Hall–Kier alpha value is -1.96. The van der Waals surface area contributed by atoms with Gasteiger partial charge in [-0.2, -0.15) is 13.2 Å². The molecule has 1 aromatic rings. The Morgan fingerprint density at radius 1 is 1.22 bits per heavy atom. The molecule has 1 aliphatic rings. The Labute approximate surface area is 132 Å². The molecule has 128 valence electrons. The standard InChI is InChI=1S/C15H20F3N3O2/c1-20(2)12-5-3-11(4-6-12)19-13(22)21-9-7-14(23,8-10-21)15(16,17)18/h3-6,23H,7-10H2,1-2H3,(H,19,22). The van der Waals surface area contributed by atoms with Crippen LogP contribution in [-0.4, -0.2) is 55.0 Å². The van der Waals surface area contributed by atoms with E-state index >= 15 is 0 Å². The molecule has 23 heavy (non-hydrogen) atoms. The molecule has 1 fully saturated rings. The van der Waals surface area contributed by atoms with E-state index in [0.29, 0.717) is 5.69 Å². The molecule has 1 aliphatic heterocycles. The molecule has 2 rings (SSSR count). The topological polar surface area (TPSA) is 55.8 Å². The first-order valence-corrected chi connectivity index (χ1v) is 7.25. The monoisotopic (exact) mass is 331 g/mol. The molecule has 0 bridgehead atoms. The molecule has 0 unspecified atom stereocenters. The number of hydrogen-bond donors (Lipinski definition) is 2. The van der Waals surface area contributed by atoms with E-state index in [4.69, 9.17) is 0 Å². The number of likely N-dealkylation sites (tertiary alicyclic amines) is 1. The van der Waals surface area contributed by atoms with Crippen LogP contribution >= 0.6 is 0 Å². The second-order valence-electron chi connectivity index (χ2n) is 5.89. The van der Waals surface area contributed by atoms with Gasteiger partial charge >= 0.3 is 12.2 Å². The largest absolute Gasteiger partial charge is 0.417 e. The summed E-state index contributed by atoms with van der Waals surface area (Å²) in [5, 5.41) is 12.2. The lowest BCUT2D eigenvalue weighted by atomic mass is 9.91. The van der Waals surface area contributed by atoms with Crippen molar-refractivity contribution in [3.8, 4) is 0 Å². The van der Waals surface area contributed by atoms with Gasteiger partial charge in [-0.05, 0) is 24.3 Å². The van der Waals surface area contributed by atoms with Gasteiger partial charge in [0.15, 0.2) is 5.60 Å². The second-order valence-corrected chi connectivity index (χ2v) is 5.89. The Kier molecular flexibility index (Phi) is 4.74. The Morgan fingerprint density at radius 2 is 1.74 bits per heavy atom. The minimum atomic E-state index is -4.67. The average molecular weight is 331 g/mol. The van der Waals surface area contributed by atoms with Gasteiger partial charge in [0.2, 0.25) is 0 Å². The molecule has 0 spiro atoms. The molecule has 2 amide bonds. The highest BCUT2D eigenvalue weighted by Crippen LogP contribution is 2.38. The van der Waals surface area contributed by atoms with Crippen molar-refractivity contribution in [3.63, 3.8) is 0 Å². The number of nitrogens with zero attached hydrogens (tertiary/aromatic N) is 2. The van der Waals surface area contributed by atoms with Gasteiger partial charge in [-0.1, -0.05) is 0 Å². The van der Waals surface area contributed by atoms with Crippen LogP contribution in [0.15, 0.2) is 24.3 Å². The van der Waals surface area contributed by atoms with Crippen molar-refractivity contribution in [2.45, 2.75) is 24.6 Å². The fourth-order valence-electron chi connectivity index (χ4n) is 2.41. The maximum Gasteiger partial charge on any atom is 0.417 e. The molecule has 0 aliphatic carbocycles. The van der Waals surface area contributed by atoms with Crippen LogP contribution in [0.3, 0.4) is 0 Å². The molecule has 1 saturated heterocycles. The molecular formula is C15H20F3N3O2. The summed E-state index contributed by atoms with van der Waals surface area (Å²) < 4.78 is 38.2. The first-order valence-electron chi connectivity index (χ1n) is 7.25. The average Bonchev–Trinajstić information content (AvgIpc) is 2.47. The molecule has 0 atom stereocenters. The summed E-state index contributed by atoms with van der Waals surface area (Å²) in [4.78, 5) is 15.3. The Balaban J connectivity index is 1.93. The number of nitrogens with one attached hydrogen (secondary N) is 1. The minimum absolute atomic E-state index is 0.141. The van der Waals surface area contributed by atoms with E-state index in [1.807, 2.05) is 31.1 Å². The molecule has 5 nitrogen and oxygen atoms in total. The lowest BCUT2D eigenvalue weighted by Crippen LogP contribution is -2.55. The SMILES string of the molecule is CN(C)c1ccc(NC(=O)N2CCC(O)(C(F)(F)F)CC2)cc1. The molecule has 8 heteroatoms. The smallest absolute Gasteiger partial charge is 0.380 e. The quantitative estimate of drug-likeness (QED) is 0.876. The molecule has 0 aromatic heterocycles. The lowest BCUT2D eigenvalue weighted by molar-refractivity contribution is -0.271. The van der Waals surface area contributed by atoms with Crippen molar-refractivity contribution in [1.82, 2.24) is 4.90 Å². The third-order valence-electron chi connectivity index (χ3n) is 4.04. The number of benzene rings is 1. The van der Waals surface area contributed by atoms with Crippen molar-refractivity contribution in [1.29, 1.82) is 0 Å². The first kappa shape index (κ1) is 17.4. The Morgan fingerprint density at radius 3 is 2.17 bits per heavy atom. The number of halogens is 3. The zero-order valence-corrected chi connectivity index (χ0v) is 13.0. The number of aliphatic hydroxyl groups is 1. The van der Waals surface area contributed by atoms with E-state index in [1.165, 1.54) is 4.90 Å². The maximum atomic E-state index is 12.7. The summed E-state index contributed by atoms with van der Waals surface area (Å²) in [5.74, 6) is 0. The van der Waals surface area contributed by atoms with Crippen LogP contribution < -0.4 is 10.2 Å². The third kappa shape index (κ3) is 3.87. The maximum absolute atomic E-state index is 12.7. The molecule has 1 aromatic carbocycles. The van der Waals surface area contributed by atoms with E-state index in [1.54, 1.807) is 12.1 Å². The molecular weight excluding hydrogens is 311 g/mol. The van der Waals surface area contributed by atoms with E-state index in [0.717, 1.165) is 5.69 Å². The van der Waals surface area contributed by atoms with Crippen molar-refractivity contribution in [3.05, 3.63) is 24.3 Å². The fraction of sp³-hybridized carbons (Fsp3) is 0.533. The van der Waals surface area contributed by atoms with Gasteiger partial charge in [-0.15, -0.1) is 0 Å². The van der Waals surface area contributed by atoms with Gasteiger partial charge in [0.05, 0.1) is 0 Å². The second kappa shape index (κ2) is 6.27. The van der Waals surface area contributed by atoms with Gasteiger partial charge < -0.3 is 20.2 Å². The van der Waals surface area contributed by atoms with E-state index in [2.05, 4.69) is 5.32 Å². The highest BCUT2D eigenvalue weighted by atomic mass is 19.4. The number of carbonyl (C=O) groups excluding carboxylic acids is 1. The van der Waals surface area contributed by atoms with Gasteiger partial charge in [0.25, 0.3) is 0 Å². The minimum Gasteiger partial charge on any atom is -0.380 e. The van der Waals surface area contributed by atoms with Gasteiger partial charge in [0, 0.05) is 51.4 Å². The number of hydrogen-bond acceptors (Lipinski definition) is 3. The van der Waals surface area contributed by atoms with Crippen LogP contribution in [0.2, 0.25) is 0 Å². The predicted molar refractivity (Wildman–Crippen MR) is 81.6 cm³/mol. The van der Waals surface area contributed by atoms with Crippen molar-refractivity contribution in [2.75, 3.05) is 37.4 Å². The number of rotatable bonds is 2. The van der Waals surface area contributed by atoms with Crippen LogP contribution in [0.1, 0.15) is 12.8 Å². The zero-order valence-electron chi connectivity index (χ0n) is 13.0. The van der Waals surface area contributed by atoms with Crippen LogP contribution in [-0.2, 0) is 0 Å². The highest BCUT2D eigenvalue weighted by Gasteiger charge is 2.54. The number of urea groups is 1. The lowest BCUT2D eigenvalue weighted by Gasteiger charge is -2.39. The third-order valence-corrected chi connectivity index (χ3v) is 4.04. The molecule has 0 saturated carbocycles. The number of alkyl halides is 3. The van der Waals surface area contributed by atoms with Crippen molar-refractivity contribution >= 4 is 17.4 Å². The summed E-state index contributed by atoms with van der Waals surface area (Å²) in [6, 6.07) is 6.64.